The highest BCUT2D eigenvalue weighted by atomic mass is 16.5. The molecule has 1 atom stereocenters. The van der Waals surface area contributed by atoms with E-state index in [1.165, 1.54) is 7.11 Å². The summed E-state index contributed by atoms with van der Waals surface area (Å²) in [5, 5.41) is 0. The average molecular weight is 370 g/mol. The average Bonchev–Trinajstić information content (AvgIpc) is 3.09. The molecule has 2 heterocycles. The number of methoxy groups -OCH3 is 1. The number of benzene rings is 1. The van der Waals surface area contributed by atoms with Crippen LogP contribution in [0.15, 0.2) is 30.6 Å². The van der Waals surface area contributed by atoms with Crippen LogP contribution in [0.4, 0.5) is 5.69 Å². The maximum atomic E-state index is 13.2. The quantitative estimate of drug-likeness (QED) is 0.773. The second-order valence-corrected chi connectivity index (χ2v) is 7.26. The summed E-state index contributed by atoms with van der Waals surface area (Å²) >= 11 is 0. The Kier molecular flexibility index (Phi) is 5.21. The number of amides is 1. The number of hydrogen-bond acceptors (Lipinski definition) is 5. The van der Waals surface area contributed by atoms with Crippen molar-refractivity contribution in [2.45, 2.75) is 38.9 Å². The second-order valence-electron chi connectivity index (χ2n) is 7.26. The Morgan fingerprint density at radius 2 is 1.89 bits per heavy atom. The third kappa shape index (κ3) is 3.54. The van der Waals surface area contributed by atoms with E-state index in [-0.39, 0.29) is 11.9 Å². The Balaban J connectivity index is 1.95. The van der Waals surface area contributed by atoms with Crippen molar-refractivity contribution >= 4 is 17.6 Å². The number of fused-ring (bicyclic) bond motifs is 1. The standard InChI is InChI=1S/C20H26N4O3/c1-13(2)24-12-21-16-10-17(20(26)27-5)23(11-18(16)24)19(25)14-6-8-15(9-7-14)22(3)4/h6-9,12-13,17H,10-11H2,1-5H3/t17-/m0/s1. The van der Waals surface area contributed by atoms with Gasteiger partial charge in [-0.1, -0.05) is 0 Å². The maximum Gasteiger partial charge on any atom is 0.329 e. The van der Waals surface area contributed by atoms with Gasteiger partial charge in [0.25, 0.3) is 5.91 Å². The minimum atomic E-state index is -0.668. The Labute approximate surface area is 159 Å². The zero-order valence-corrected chi connectivity index (χ0v) is 16.5. The molecule has 7 heteroatoms. The van der Waals surface area contributed by atoms with Crippen LogP contribution in [0.2, 0.25) is 0 Å². The summed E-state index contributed by atoms with van der Waals surface area (Å²) in [7, 11) is 5.24. The summed E-state index contributed by atoms with van der Waals surface area (Å²) < 4.78 is 7.01. The number of esters is 1. The first kappa shape index (κ1) is 18.9. The minimum absolute atomic E-state index is 0.183. The number of hydrogen-bond donors (Lipinski definition) is 0. The number of carbonyl (C=O) groups is 2. The molecule has 0 aliphatic carbocycles. The van der Waals surface area contributed by atoms with Crippen LogP contribution >= 0.6 is 0 Å². The Bertz CT molecular complexity index is 839. The SMILES string of the molecule is COC(=O)[C@@H]1Cc2ncn(C(C)C)c2CN1C(=O)c1ccc(N(C)C)cc1. The molecule has 1 aromatic heterocycles. The fourth-order valence-corrected chi connectivity index (χ4v) is 3.41. The van der Waals surface area contributed by atoms with E-state index in [2.05, 4.69) is 23.4 Å². The highest BCUT2D eigenvalue weighted by Crippen LogP contribution is 2.27. The van der Waals surface area contributed by atoms with E-state index in [9.17, 15) is 9.59 Å². The molecule has 0 fully saturated rings. The van der Waals surface area contributed by atoms with Crippen molar-refractivity contribution in [2.24, 2.45) is 0 Å². The van der Waals surface area contributed by atoms with E-state index in [0.717, 1.165) is 17.1 Å². The molecular weight excluding hydrogens is 344 g/mol. The molecule has 0 N–H and O–H groups in total. The minimum Gasteiger partial charge on any atom is -0.467 e. The second kappa shape index (κ2) is 7.42. The summed E-state index contributed by atoms with van der Waals surface area (Å²) in [6, 6.07) is 6.94. The zero-order chi connectivity index (χ0) is 19.7. The molecule has 27 heavy (non-hydrogen) atoms. The van der Waals surface area contributed by atoms with Crippen LogP contribution in [0.1, 0.15) is 41.6 Å². The van der Waals surface area contributed by atoms with Gasteiger partial charge in [0.2, 0.25) is 0 Å². The first-order chi connectivity index (χ1) is 12.8. The lowest BCUT2D eigenvalue weighted by atomic mass is 10.0. The fourth-order valence-electron chi connectivity index (χ4n) is 3.41. The molecule has 0 saturated heterocycles. The number of imidazole rings is 1. The molecule has 2 aromatic rings. The van der Waals surface area contributed by atoms with Crippen LogP contribution in [0.5, 0.6) is 0 Å². The van der Waals surface area contributed by atoms with Gasteiger partial charge < -0.3 is 19.1 Å². The lowest BCUT2D eigenvalue weighted by Crippen LogP contribution is -2.49. The van der Waals surface area contributed by atoms with E-state index < -0.39 is 12.0 Å². The van der Waals surface area contributed by atoms with Crippen molar-refractivity contribution in [1.82, 2.24) is 14.5 Å². The van der Waals surface area contributed by atoms with Crippen LogP contribution in [0.3, 0.4) is 0 Å². The van der Waals surface area contributed by atoms with Gasteiger partial charge in [0.15, 0.2) is 0 Å². The van der Waals surface area contributed by atoms with Gasteiger partial charge in [0.1, 0.15) is 6.04 Å². The molecule has 0 spiro atoms. The number of aromatic nitrogens is 2. The maximum absolute atomic E-state index is 13.2. The predicted molar refractivity (Wildman–Crippen MR) is 103 cm³/mol. The van der Waals surface area contributed by atoms with Crippen molar-refractivity contribution in [3.8, 4) is 0 Å². The molecule has 0 saturated carbocycles. The summed E-state index contributed by atoms with van der Waals surface area (Å²) in [5.74, 6) is -0.601. The molecule has 1 aliphatic rings. The number of anilines is 1. The van der Waals surface area contributed by atoms with Gasteiger partial charge in [-0.05, 0) is 38.1 Å². The van der Waals surface area contributed by atoms with Gasteiger partial charge in [-0.15, -0.1) is 0 Å². The molecule has 1 aromatic carbocycles. The number of rotatable bonds is 4. The molecule has 1 amide bonds. The molecule has 144 valence electrons. The summed E-state index contributed by atoms with van der Waals surface area (Å²) in [4.78, 5) is 33.6. The molecular formula is C20H26N4O3. The first-order valence-corrected chi connectivity index (χ1v) is 9.04. The van der Waals surface area contributed by atoms with Crippen LogP contribution in [0.25, 0.3) is 0 Å². The van der Waals surface area contributed by atoms with E-state index in [1.807, 2.05) is 31.1 Å². The molecule has 0 radical (unpaired) electrons. The van der Waals surface area contributed by atoms with Gasteiger partial charge in [0, 0.05) is 37.8 Å². The van der Waals surface area contributed by atoms with E-state index in [0.29, 0.717) is 18.5 Å². The fraction of sp³-hybridized carbons (Fsp3) is 0.450. The third-order valence-electron chi connectivity index (χ3n) is 4.99. The number of nitrogens with zero attached hydrogens (tertiary/aromatic N) is 4. The van der Waals surface area contributed by atoms with Crippen molar-refractivity contribution in [3.63, 3.8) is 0 Å². The van der Waals surface area contributed by atoms with Gasteiger partial charge in [-0.2, -0.15) is 0 Å². The monoisotopic (exact) mass is 370 g/mol. The van der Waals surface area contributed by atoms with Crippen molar-refractivity contribution in [3.05, 3.63) is 47.5 Å². The van der Waals surface area contributed by atoms with Gasteiger partial charge >= 0.3 is 5.97 Å². The third-order valence-corrected chi connectivity index (χ3v) is 4.99. The van der Waals surface area contributed by atoms with Crippen molar-refractivity contribution in [2.75, 3.05) is 26.1 Å². The smallest absolute Gasteiger partial charge is 0.329 e. The molecule has 0 bridgehead atoms. The van der Waals surface area contributed by atoms with E-state index >= 15 is 0 Å². The summed E-state index contributed by atoms with van der Waals surface area (Å²) in [6.45, 7) is 4.47. The predicted octanol–water partition coefficient (Wildman–Crippen LogP) is 2.27. The number of ether oxygens (including phenoxy) is 1. The van der Waals surface area contributed by atoms with Crippen molar-refractivity contribution in [1.29, 1.82) is 0 Å². The summed E-state index contributed by atoms with van der Waals surface area (Å²) in [5.41, 5.74) is 3.39. The van der Waals surface area contributed by atoms with Gasteiger partial charge in [-0.25, -0.2) is 9.78 Å². The largest absolute Gasteiger partial charge is 0.467 e. The van der Waals surface area contributed by atoms with Crippen LogP contribution in [-0.2, 0) is 22.5 Å². The van der Waals surface area contributed by atoms with Crippen LogP contribution in [-0.4, -0.2) is 53.6 Å². The Morgan fingerprint density at radius 1 is 1.22 bits per heavy atom. The van der Waals surface area contributed by atoms with E-state index in [4.69, 9.17) is 4.74 Å². The molecule has 1 aliphatic heterocycles. The van der Waals surface area contributed by atoms with Crippen molar-refractivity contribution < 1.29 is 14.3 Å². The molecule has 0 unspecified atom stereocenters. The first-order valence-electron chi connectivity index (χ1n) is 9.04. The normalized spacial score (nSPS) is 16.2. The van der Waals surface area contributed by atoms with Crippen LogP contribution < -0.4 is 4.90 Å². The van der Waals surface area contributed by atoms with Gasteiger partial charge in [0.05, 0.1) is 31.4 Å². The van der Waals surface area contributed by atoms with Gasteiger partial charge in [-0.3, -0.25) is 4.79 Å². The molecule has 3 rings (SSSR count). The zero-order valence-electron chi connectivity index (χ0n) is 16.5. The highest BCUT2D eigenvalue weighted by molar-refractivity contribution is 5.97. The summed E-state index contributed by atoms with van der Waals surface area (Å²) in [6.07, 6.45) is 2.15. The Morgan fingerprint density at radius 3 is 2.44 bits per heavy atom. The lowest BCUT2D eigenvalue weighted by molar-refractivity contribution is -0.146. The topological polar surface area (TPSA) is 67.7 Å². The molecule has 7 nitrogen and oxygen atoms in total. The lowest BCUT2D eigenvalue weighted by Gasteiger charge is -2.34. The highest BCUT2D eigenvalue weighted by Gasteiger charge is 2.38. The Hall–Kier alpha value is -2.83. The van der Waals surface area contributed by atoms with Crippen LogP contribution in [0, 0.1) is 0 Å². The number of carbonyl (C=O) groups excluding carboxylic acids is 2. The van der Waals surface area contributed by atoms with E-state index in [1.54, 1.807) is 23.4 Å².